The van der Waals surface area contributed by atoms with Crippen LogP contribution in [-0.4, -0.2) is 50.9 Å². The second-order valence-electron chi connectivity index (χ2n) is 6.05. The quantitative estimate of drug-likeness (QED) is 0.848. The predicted molar refractivity (Wildman–Crippen MR) is 102 cm³/mol. The van der Waals surface area contributed by atoms with Crippen LogP contribution in [-0.2, 0) is 13.6 Å². The molecule has 1 aromatic heterocycles. The maximum atomic E-state index is 6.18. The maximum absolute atomic E-state index is 6.18. The number of hydrogen-bond donors (Lipinski definition) is 1. The molecular weight excluding hydrogens is 342 g/mol. The lowest BCUT2D eigenvalue weighted by Gasteiger charge is -2.36. The molecule has 0 aliphatic carbocycles. The molecule has 5 nitrogen and oxygen atoms in total. The summed E-state index contributed by atoms with van der Waals surface area (Å²) in [6.45, 7) is 6.85. The molecule has 0 bridgehead atoms. The highest BCUT2D eigenvalue weighted by molar-refractivity contribution is 7.80. The lowest BCUT2D eigenvalue weighted by molar-refractivity contribution is 0.176. The molecule has 1 aliphatic heterocycles. The van der Waals surface area contributed by atoms with Crippen LogP contribution in [0.1, 0.15) is 11.3 Å². The van der Waals surface area contributed by atoms with E-state index < -0.39 is 0 Å². The summed E-state index contributed by atoms with van der Waals surface area (Å²) in [4.78, 5) is 4.64. The largest absolute Gasteiger partial charge is 0.346 e. The van der Waals surface area contributed by atoms with E-state index in [9.17, 15) is 0 Å². The molecule has 0 amide bonds. The lowest BCUT2D eigenvalue weighted by atomic mass is 10.2. The van der Waals surface area contributed by atoms with Gasteiger partial charge in [-0.1, -0.05) is 23.7 Å². The number of nitrogens with zero attached hydrogens (tertiary/aromatic N) is 4. The molecule has 1 fully saturated rings. The Labute approximate surface area is 153 Å². The zero-order valence-electron chi connectivity index (χ0n) is 14.0. The topological polar surface area (TPSA) is 36.3 Å². The van der Waals surface area contributed by atoms with Crippen molar-refractivity contribution in [3.8, 4) is 0 Å². The van der Waals surface area contributed by atoms with Crippen molar-refractivity contribution in [3.63, 3.8) is 0 Å². The summed E-state index contributed by atoms with van der Waals surface area (Å²) >= 11 is 11.7. The highest BCUT2D eigenvalue weighted by Gasteiger charge is 2.20. The second kappa shape index (κ2) is 7.51. The highest BCUT2D eigenvalue weighted by atomic mass is 35.5. The van der Waals surface area contributed by atoms with E-state index in [4.69, 9.17) is 23.8 Å². The van der Waals surface area contributed by atoms with E-state index in [1.165, 1.54) is 11.3 Å². The van der Waals surface area contributed by atoms with Gasteiger partial charge in [-0.3, -0.25) is 9.58 Å². The molecular formula is C17H22ClN5S. The number of aryl methyl sites for hydroxylation is 1. The Kier molecular flexibility index (Phi) is 5.38. The Morgan fingerprint density at radius 1 is 1.25 bits per heavy atom. The molecule has 2 heterocycles. The fourth-order valence-electron chi connectivity index (χ4n) is 2.81. The van der Waals surface area contributed by atoms with Crippen LogP contribution < -0.4 is 5.32 Å². The van der Waals surface area contributed by atoms with Crippen LogP contribution in [0.4, 0.5) is 5.69 Å². The maximum Gasteiger partial charge on any atom is 0.173 e. The Morgan fingerprint density at radius 2 is 1.96 bits per heavy atom. The molecule has 0 spiro atoms. The fraction of sp³-hybridized carbons (Fsp3) is 0.412. The molecule has 24 heavy (non-hydrogen) atoms. The normalized spacial score (nSPS) is 15.5. The number of rotatable bonds is 3. The minimum atomic E-state index is 0.686. The van der Waals surface area contributed by atoms with Crippen molar-refractivity contribution in [3.05, 3.63) is 46.7 Å². The van der Waals surface area contributed by atoms with Gasteiger partial charge >= 0.3 is 0 Å². The Morgan fingerprint density at radius 3 is 2.58 bits per heavy atom. The Balaban J connectivity index is 1.52. The first-order chi connectivity index (χ1) is 11.5. The van der Waals surface area contributed by atoms with Crippen LogP contribution in [0.15, 0.2) is 30.5 Å². The molecule has 1 aromatic carbocycles. The number of benzene rings is 1. The molecule has 0 unspecified atom stereocenters. The minimum absolute atomic E-state index is 0.686. The van der Waals surface area contributed by atoms with Crippen molar-refractivity contribution in [1.82, 2.24) is 19.6 Å². The third-order valence-electron chi connectivity index (χ3n) is 4.51. The van der Waals surface area contributed by atoms with Crippen LogP contribution in [0.5, 0.6) is 0 Å². The standard InChI is InChI=1S/C17H22ClN5S/c1-13-14(11-19-21(13)2)12-22-7-9-23(10-8-22)17(24)20-16-6-4-3-5-15(16)18/h3-6,11H,7-10,12H2,1-2H3,(H,20,24). The van der Waals surface area contributed by atoms with E-state index in [0.717, 1.165) is 43.5 Å². The van der Waals surface area contributed by atoms with Crippen molar-refractivity contribution in [2.45, 2.75) is 13.5 Å². The summed E-state index contributed by atoms with van der Waals surface area (Å²) in [5.74, 6) is 0. The van der Waals surface area contributed by atoms with Gasteiger partial charge in [-0.2, -0.15) is 5.10 Å². The number of piperazine rings is 1. The molecule has 0 atom stereocenters. The van der Waals surface area contributed by atoms with Crippen molar-refractivity contribution in [1.29, 1.82) is 0 Å². The molecule has 0 saturated carbocycles. The van der Waals surface area contributed by atoms with Crippen molar-refractivity contribution in [2.75, 3.05) is 31.5 Å². The van der Waals surface area contributed by atoms with Gasteiger partial charge in [0.25, 0.3) is 0 Å². The smallest absolute Gasteiger partial charge is 0.173 e. The van der Waals surface area contributed by atoms with E-state index >= 15 is 0 Å². The first-order valence-corrected chi connectivity index (χ1v) is 8.83. The first-order valence-electron chi connectivity index (χ1n) is 8.05. The van der Waals surface area contributed by atoms with Crippen molar-refractivity contribution >= 4 is 34.6 Å². The summed E-state index contributed by atoms with van der Waals surface area (Å²) in [5.41, 5.74) is 3.38. The van der Waals surface area contributed by atoms with Gasteiger partial charge in [-0.25, -0.2) is 0 Å². The van der Waals surface area contributed by atoms with E-state index in [-0.39, 0.29) is 0 Å². The first kappa shape index (κ1) is 17.2. The second-order valence-corrected chi connectivity index (χ2v) is 6.85. The number of anilines is 1. The summed E-state index contributed by atoms with van der Waals surface area (Å²) in [7, 11) is 1.98. The van der Waals surface area contributed by atoms with Crippen LogP contribution in [0.25, 0.3) is 0 Å². The van der Waals surface area contributed by atoms with Crippen LogP contribution in [0.3, 0.4) is 0 Å². The SMILES string of the molecule is Cc1c(CN2CCN(C(=S)Nc3ccccc3Cl)CC2)cnn1C. The Hall–Kier alpha value is -1.63. The van der Waals surface area contributed by atoms with Gasteiger partial charge < -0.3 is 10.2 Å². The number of aromatic nitrogens is 2. The fourth-order valence-corrected chi connectivity index (χ4v) is 3.28. The minimum Gasteiger partial charge on any atom is -0.346 e. The number of nitrogens with one attached hydrogen (secondary N) is 1. The van der Waals surface area contributed by atoms with Crippen molar-refractivity contribution < 1.29 is 0 Å². The van der Waals surface area contributed by atoms with E-state index in [2.05, 4.69) is 27.1 Å². The average molecular weight is 364 g/mol. The summed E-state index contributed by atoms with van der Waals surface area (Å²) in [6.07, 6.45) is 1.96. The summed E-state index contributed by atoms with van der Waals surface area (Å²) < 4.78 is 1.92. The summed E-state index contributed by atoms with van der Waals surface area (Å²) in [5, 5.41) is 8.99. The third kappa shape index (κ3) is 3.88. The molecule has 7 heteroatoms. The van der Waals surface area contributed by atoms with Gasteiger partial charge in [0, 0.05) is 51.0 Å². The van der Waals surface area contributed by atoms with Gasteiger partial charge in [0.05, 0.1) is 16.9 Å². The van der Waals surface area contributed by atoms with Crippen molar-refractivity contribution in [2.24, 2.45) is 7.05 Å². The molecule has 1 aliphatic rings. The van der Waals surface area contributed by atoms with E-state index in [1.807, 2.05) is 42.2 Å². The van der Waals surface area contributed by atoms with Crippen LogP contribution in [0, 0.1) is 6.92 Å². The Bertz CT molecular complexity index is 722. The number of hydrogen-bond acceptors (Lipinski definition) is 3. The molecule has 128 valence electrons. The molecule has 3 rings (SSSR count). The molecule has 1 saturated heterocycles. The third-order valence-corrected chi connectivity index (χ3v) is 5.20. The van der Waals surface area contributed by atoms with Gasteiger partial charge in [0.15, 0.2) is 5.11 Å². The molecule has 2 aromatic rings. The van der Waals surface area contributed by atoms with Gasteiger partial charge in [-0.05, 0) is 31.3 Å². The number of thiocarbonyl (C=S) groups is 1. The predicted octanol–water partition coefficient (Wildman–Crippen LogP) is 2.90. The van der Waals surface area contributed by atoms with Gasteiger partial charge in [-0.15, -0.1) is 0 Å². The van der Waals surface area contributed by atoms with Crippen LogP contribution in [0.2, 0.25) is 5.02 Å². The zero-order chi connectivity index (χ0) is 17.1. The molecule has 1 N–H and O–H groups in total. The summed E-state index contributed by atoms with van der Waals surface area (Å²) in [6, 6.07) is 7.66. The van der Waals surface area contributed by atoms with Gasteiger partial charge in [0.1, 0.15) is 0 Å². The van der Waals surface area contributed by atoms with E-state index in [1.54, 1.807) is 0 Å². The monoisotopic (exact) mass is 363 g/mol. The van der Waals surface area contributed by atoms with Crippen LogP contribution >= 0.6 is 23.8 Å². The zero-order valence-corrected chi connectivity index (χ0v) is 15.6. The molecule has 0 radical (unpaired) electrons. The highest BCUT2D eigenvalue weighted by Crippen LogP contribution is 2.21. The lowest BCUT2D eigenvalue weighted by Crippen LogP contribution is -2.49. The average Bonchev–Trinajstić information content (AvgIpc) is 2.90. The van der Waals surface area contributed by atoms with Gasteiger partial charge in [0.2, 0.25) is 0 Å². The van der Waals surface area contributed by atoms with E-state index in [0.29, 0.717) is 5.02 Å². The number of halogens is 1. The number of para-hydroxylation sites is 1.